The minimum Gasteiger partial charge on any atom is -0.497 e. The van der Waals surface area contributed by atoms with Crippen molar-refractivity contribution < 1.29 is 14.3 Å². The minimum atomic E-state index is -0.250. The first-order chi connectivity index (χ1) is 14.5. The SMILES string of the molecule is COc1ccc(OC)c(NC(=O)CSc2nc(C)c(Cc3ccccc3)c(=O)[nH]2)c1. The van der Waals surface area contributed by atoms with Gasteiger partial charge in [0, 0.05) is 23.7 Å². The van der Waals surface area contributed by atoms with Crippen LogP contribution in [0.1, 0.15) is 16.8 Å². The Morgan fingerprint density at radius 1 is 1.13 bits per heavy atom. The molecule has 0 unspecified atom stereocenters. The monoisotopic (exact) mass is 425 g/mol. The zero-order valence-corrected chi connectivity index (χ0v) is 17.8. The third-order valence-corrected chi connectivity index (χ3v) is 5.32. The molecule has 2 N–H and O–H groups in total. The predicted octanol–water partition coefficient (Wildman–Crippen LogP) is 3.42. The number of anilines is 1. The van der Waals surface area contributed by atoms with E-state index >= 15 is 0 Å². The van der Waals surface area contributed by atoms with Gasteiger partial charge < -0.3 is 19.8 Å². The lowest BCUT2D eigenvalue weighted by Gasteiger charge is -2.12. The number of methoxy groups -OCH3 is 2. The van der Waals surface area contributed by atoms with Gasteiger partial charge in [0.05, 0.1) is 25.7 Å². The lowest BCUT2D eigenvalue weighted by molar-refractivity contribution is -0.113. The highest BCUT2D eigenvalue weighted by Crippen LogP contribution is 2.29. The Hall–Kier alpha value is -3.26. The molecular weight excluding hydrogens is 402 g/mol. The van der Waals surface area contributed by atoms with Gasteiger partial charge in [0.25, 0.3) is 5.56 Å². The molecule has 2 aromatic carbocycles. The first-order valence-corrected chi connectivity index (χ1v) is 10.3. The Balaban J connectivity index is 1.66. The van der Waals surface area contributed by atoms with Crippen LogP contribution in [0.5, 0.6) is 11.5 Å². The molecule has 0 spiro atoms. The summed E-state index contributed by atoms with van der Waals surface area (Å²) in [5, 5.41) is 3.20. The molecule has 0 atom stereocenters. The molecule has 0 fully saturated rings. The van der Waals surface area contributed by atoms with Gasteiger partial charge in [-0.3, -0.25) is 9.59 Å². The summed E-state index contributed by atoms with van der Waals surface area (Å²) in [4.78, 5) is 32.1. The summed E-state index contributed by atoms with van der Waals surface area (Å²) in [6, 6.07) is 14.9. The van der Waals surface area contributed by atoms with Gasteiger partial charge >= 0.3 is 0 Å². The van der Waals surface area contributed by atoms with Gasteiger partial charge in [0.1, 0.15) is 11.5 Å². The maximum Gasteiger partial charge on any atom is 0.255 e. The lowest BCUT2D eigenvalue weighted by atomic mass is 10.1. The Kier molecular flexibility index (Phi) is 7.13. The number of nitrogens with zero attached hydrogens (tertiary/aromatic N) is 1. The number of ether oxygens (including phenoxy) is 2. The molecule has 3 rings (SSSR count). The van der Waals surface area contributed by atoms with E-state index in [1.54, 1.807) is 32.2 Å². The molecule has 8 heteroatoms. The van der Waals surface area contributed by atoms with Crippen LogP contribution in [-0.2, 0) is 11.2 Å². The average molecular weight is 426 g/mol. The quantitative estimate of drug-likeness (QED) is 0.424. The second kappa shape index (κ2) is 9.98. The molecule has 7 nitrogen and oxygen atoms in total. The average Bonchev–Trinajstić information content (AvgIpc) is 2.75. The number of H-pyrrole nitrogens is 1. The fraction of sp³-hybridized carbons (Fsp3) is 0.227. The number of carbonyl (C=O) groups excluding carboxylic acids is 1. The molecule has 0 aliphatic rings. The highest BCUT2D eigenvalue weighted by atomic mass is 32.2. The molecule has 1 aromatic heterocycles. The van der Waals surface area contributed by atoms with Crippen LogP contribution in [0.4, 0.5) is 5.69 Å². The summed E-state index contributed by atoms with van der Waals surface area (Å²) in [5.74, 6) is 0.970. The van der Waals surface area contributed by atoms with Crippen molar-refractivity contribution in [2.45, 2.75) is 18.5 Å². The molecule has 1 amide bonds. The van der Waals surface area contributed by atoms with Crippen molar-refractivity contribution in [1.82, 2.24) is 9.97 Å². The highest BCUT2D eigenvalue weighted by Gasteiger charge is 2.13. The summed E-state index contributed by atoms with van der Waals surface area (Å²) in [5.41, 5.74) is 2.64. The van der Waals surface area contributed by atoms with Gasteiger partial charge in [-0.1, -0.05) is 42.1 Å². The molecular formula is C22H23N3O4S. The molecule has 0 saturated heterocycles. The van der Waals surface area contributed by atoms with Gasteiger partial charge in [-0.05, 0) is 24.6 Å². The Labute approximate surface area is 178 Å². The summed E-state index contributed by atoms with van der Waals surface area (Å²) in [6.07, 6.45) is 0.510. The first-order valence-electron chi connectivity index (χ1n) is 9.28. The molecule has 0 bridgehead atoms. The Morgan fingerprint density at radius 3 is 2.57 bits per heavy atom. The van der Waals surface area contributed by atoms with Crippen LogP contribution in [-0.4, -0.2) is 35.8 Å². The van der Waals surface area contributed by atoms with Gasteiger partial charge in [-0.15, -0.1) is 0 Å². The summed E-state index contributed by atoms with van der Waals surface area (Å²) in [7, 11) is 3.08. The van der Waals surface area contributed by atoms with Crippen molar-refractivity contribution in [3.05, 3.63) is 75.7 Å². The number of hydrogen-bond acceptors (Lipinski definition) is 6. The van der Waals surface area contributed by atoms with Crippen LogP contribution >= 0.6 is 11.8 Å². The summed E-state index contributed by atoms with van der Waals surface area (Å²) >= 11 is 1.16. The summed E-state index contributed by atoms with van der Waals surface area (Å²) < 4.78 is 10.4. The number of aryl methyl sites for hydroxylation is 1. The van der Waals surface area contributed by atoms with Crippen molar-refractivity contribution in [3.8, 4) is 11.5 Å². The number of amides is 1. The third kappa shape index (κ3) is 5.42. The molecule has 30 heavy (non-hydrogen) atoms. The van der Waals surface area contributed by atoms with E-state index < -0.39 is 0 Å². The first kappa shape index (κ1) is 21.4. The van der Waals surface area contributed by atoms with E-state index in [1.165, 1.54) is 7.11 Å². The molecule has 0 radical (unpaired) electrons. The zero-order valence-electron chi connectivity index (χ0n) is 17.0. The number of nitrogens with one attached hydrogen (secondary N) is 2. The smallest absolute Gasteiger partial charge is 0.255 e. The van der Waals surface area contributed by atoms with Crippen molar-refractivity contribution in [1.29, 1.82) is 0 Å². The van der Waals surface area contributed by atoms with Crippen molar-refractivity contribution in [3.63, 3.8) is 0 Å². The highest BCUT2D eigenvalue weighted by molar-refractivity contribution is 7.99. The van der Waals surface area contributed by atoms with Crippen LogP contribution in [0.3, 0.4) is 0 Å². The number of carbonyl (C=O) groups is 1. The topological polar surface area (TPSA) is 93.3 Å². The van der Waals surface area contributed by atoms with E-state index in [0.717, 1.165) is 17.3 Å². The van der Waals surface area contributed by atoms with Crippen molar-refractivity contribution in [2.24, 2.45) is 0 Å². The lowest BCUT2D eigenvalue weighted by Crippen LogP contribution is -2.19. The van der Waals surface area contributed by atoms with Gasteiger partial charge in [-0.2, -0.15) is 0 Å². The number of aromatic amines is 1. The van der Waals surface area contributed by atoms with Crippen molar-refractivity contribution >= 4 is 23.4 Å². The normalized spacial score (nSPS) is 10.5. The standard InChI is InChI=1S/C22H23N3O4S/c1-14-17(11-15-7-5-4-6-8-15)21(27)25-22(23-14)30-13-20(26)24-18-12-16(28-2)9-10-19(18)29-3/h4-10,12H,11,13H2,1-3H3,(H,24,26)(H,23,25,27). The number of aromatic nitrogens is 2. The van der Waals surface area contributed by atoms with E-state index in [9.17, 15) is 9.59 Å². The molecule has 156 valence electrons. The molecule has 0 saturated carbocycles. The van der Waals surface area contributed by atoms with Crippen LogP contribution in [0.25, 0.3) is 0 Å². The molecule has 3 aromatic rings. The van der Waals surface area contributed by atoms with E-state index in [-0.39, 0.29) is 17.2 Å². The second-order valence-electron chi connectivity index (χ2n) is 6.50. The van der Waals surface area contributed by atoms with E-state index in [0.29, 0.717) is 40.0 Å². The van der Waals surface area contributed by atoms with Gasteiger partial charge in [0.2, 0.25) is 5.91 Å². The van der Waals surface area contributed by atoms with Gasteiger partial charge in [0.15, 0.2) is 5.16 Å². The van der Waals surface area contributed by atoms with E-state index in [4.69, 9.17) is 9.47 Å². The van der Waals surface area contributed by atoms with Crippen LogP contribution in [0.15, 0.2) is 58.5 Å². The van der Waals surface area contributed by atoms with E-state index in [1.807, 2.05) is 30.3 Å². The minimum absolute atomic E-state index is 0.0841. The summed E-state index contributed by atoms with van der Waals surface area (Å²) in [6.45, 7) is 1.80. The fourth-order valence-corrected chi connectivity index (χ4v) is 3.60. The Morgan fingerprint density at radius 2 is 1.90 bits per heavy atom. The largest absolute Gasteiger partial charge is 0.497 e. The number of rotatable bonds is 8. The molecule has 0 aliphatic heterocycles. The second-order valence-corrected chi connectivity index (χ2v) is 7.46. The van der Waals surface area contributed by atoms with Gasteiger partial charge in [-0.25, -0.2) is 4.98 Å². The van der Waals surface area contributed by atoms with E-state index in [2.05, 4.69) is 15.3 Å². The predicted molar refractivity (Wildman–Crippen MR) is 118 cm³/mol. The zero-order chi connectivity index (χ0) is 21.5. The maximum absolute atomic E-state index is 12.5. The number of thioether (sulfide) groups is 1. The fourth-order valence-electron chi connectivity index (χ4n) is 2.89. The third-order valence-electron chi connectivity index (χ3n) is 4.44. The molecule has 1 heterocycles. The number of benzene rings is 2. The van der Waals surface area contributed by atoms with Crippen LogP contribution in [0, 0.1) is 6.92 Å². The van der Waals surface area contributed by atoms with Crippen LogP contribution in [0.2, 0.25) is 0 Å². The van der Waals surface area contributed by atoms with Crippen molar-refractivity contribution in [2.75, 3.05) is 25.3 Å². The van der Waals surface area contributed by atoms with Crippen LogP contribution < -0.4 is 20.3 Å². The maximum atomic E-state index is 12.5. The molecule has 0 aliphatic carbocycles. The Bertz CT molecular complexity index is 1080. The number of hydrogen-bond donors (Lipinski definition) is 2.